The van der Waals surface area contributed by atoms with Crippen LogP contribution in [0.1, 0.15) is 54.9 Å². The third-order valence-electron chi connectivity index (χ3n) is 5.67. The number of benzene rings is 1. The fraction of sp³-hybridized carbons (Fsp3) is 0.636. The zero-order valence-electron chi connectivity index (χ0n) is 17.9. The van der Waals surface area contributed by atoms with E-state index in [1.54, 1.807) is 19.0 Å². The van der Waals surface area contributed by atoms with E-state index in [1.807, 2.05) is 24.3 Å². The van der Waals surface area contributed by atoms with Crippen LogP contribution in [0.3, 0.4) is 0 Å². The summed E-state index contributed by atoms with van der Waals surface area (Å²) >= 11 is 2.19. The Morgan fingerprint density at radius 2 is 1.90 bits per heavy atom. The molecule has 0 unspecified atom stereocenters. The summed E-state index contributed by atoms with van der Waals surface area (Å²) in [6, 6.07) is 7.82. The van der Waals surface area contributed by atoms with Gasteiger partial charge in [0.15, 0.2) is 5.96 Å². The highest BCUT2D eigenvalue weighted by atomic mass is 127. The molecule has 1 heterocycles. The summed E-state index contributed by atoms with van der Waals surface area (Å²) in [7, 11) is 3.55. The van der Waals surface area contributed by atoms with Crippen LogP contribution in [0.15, 0.2) is 29.3 Å². The standard InChI is InChI=1S/C22H34N4OS.HI/c1-4-23-21(26-14-15-28-22(17-26)12-6-5-7-13-22)24-16-18-8-10-19(11-9-18)20(27)25(2)3;/h8-11H,4-7,12-17H2,1-3H3,(H,23,24);1H. The predicted octanol–water partition coefficient (Wildman–Crippen LogP) is 4.22. The number of aliphatic imine (C=N–C) groups is 1. The van der Waals surface area contributed by atoms with Crippen LogP contribution < -0.4 is 5.32 Å². The number of amides is 1. The van der Waals surface area contributed by atoms with E-state index in [-0.39, 0.29) is 29.9 Å². The SMILES string of the molecule is CCNC(=NCc1ccc(C(=O)N(C)C)cc1)N1CCSC2(CCCCC2)C1.I. The van der Waals surface area contributed by atoms with Crippen LogP contribution in [0, 0.1) is 0 Å². The first-order chi connectivity index (χ1) is 13.5. The number of nitrogens with one attached hydrogen (secondary N) is 1. The van der Waals surface area contributed by atoms with Gasteiger partial charge in [0.2, 0.25) is 0 Å². The van der Waals surface area contributed by atoms with Gasteiger partial charge in [0.05, 0.1) is 6.54 Å². The number of carbonyl (C=O) groups is 1. The minimum atomic E-state index is 0. The minimum absolute atomic E-state index is 0. The van der Waals surface area contributed by atoms with E-state index in [1.165, 1.54) is 37.9 Å². The first-order valence-corrected chi connectivity index (χ1v) is 11.5. The van der Waals surface area contributed by atoms with E-state index in [9.17, 15) is 4.79 Å². The monoisotopic (exact) mass is 530 g/mol. The Hall–Kier alpha value is -0.960. The fourth-order valence-electron chi connectivity index (χ4n) is 4.13. The maximum absolute atomic E-state index is 12.0. The molecule has 5 nitrogen and oxygen atoms in total. The second kappa shape index (κ2) is 11.4. The molecule has 1 aromatic rings. The Balaban J connectivity index is 0.00000300. The van der Waals surface area contributed by atoms with Crippen molar-refractivity contribution in [1.29, 1.82) is 0 Å². The van der Waals surface area contributed by atoms with Crippen molar-refractivity contribution in [2.24, 2.45) is 4.99 Å². The minimum Gasteiger partial charge on any atom is -0.357 e. The number of hydrogen-bond acceptors (Lipinski definition) is 3. The first kappa shape index (κ1) is 24.3. The lowest BCUT2D eigenvalue weighted by molar-refractivity contribution is 0.0827. The molecule has 1 saturated heterocycles. The smallest absolute Gasteiger partial charge is 0.253 e. The molecular weight excluding hydrogens is 495 g/mol. The summed E-state index contributed by atoms with van der Waals surface area (Å²) in [5.41, 5.74) is 1.85. The van der Waals surface area contributed by atoms with Gasteiger partial charge in [-0.2, -0.15) is 11.8 Å². The van der Waals surface area contributed by atoms with Crippen molar-refractivity contribution in [2.45, 2.75) is 50.3 Å². The van der Waals surface area contributed by atoms with Crippen molar-refractivity contribution in [3.63, 3.8) is 0 Å². The molecule has 1 spiro atoms. The van der Waals surface area contributed by atoms with Crippen molar-refractivity contribution in [2.75, 3.05) is 39.5 Å². The van der Waals surface area contributed by atoms with Crippen LogP contribution in [0.2, 0.25) is 0 Å². The molecule has 0 atom stereocenters. The number of carbonyl (C=O) groups excluding carboxylic acids is 1. The van der Waals surface area contributed by atoms with Gasteiger partial charge in [0.25, 0.3) is 5.91 Å². The highest BCUT2D eigenvalue weighted by molar-refractivity contribution is 14.0. The van der Waals surface area contributed by atoms with Crippen LogP contribution in [0.4, 0.5) is 0 Å². The summed E-state index contributed by atoms with van der Waals surface area (Å²) in [5.74, 6) is 2.25. The average Bonchev–Trinajstić information content (AvgIpc) is 2.71. The Morgan fingerprint density at radius 3 is 2.52 bits per heavy atom. The number of thioether (sulfide) groups is 1. The summed E-state index contributed by atoms with van der Waals surface area (Å²) in [6.45, 7) is 5.82. The molecule has 0 bridgehead atoms. The number of nitrogens with zero attached hydrogens (tertiary/aromatic N) is 3. The van der Waals surface area contributed by atoms with E-state index in [4.69, 9.17) is 4.99 Å². The number of rotatable bonds is 4. The van der Waals surface area contributed by atoms with Crippen LogP contribution in [-0.4, -0.2) is 65.9 Å². The van der Waals surface area contributed by atoms with Crippen LogP contribution in [-0.2, 0) is 6.54 Å². The normalized spacial score (nSPS) is 18.9. The Morgan fingerprint density at radius 1 is 1.21 bits per heavy atom. The zero-order chi connectivity index (χ0) is 20.0. The van der Waals surface area contributed by atoms with Crippen molar-refractivity contribution in [3.8, 4) is 0 Å². The van der Waals surface area contributed by atoms with Gasteiger partial charge in [0.1, 0.15) is 0 Å². The number of guanidine groups is 1. The third kappa shape index (κ3) is 6.51. The quantitative estimate of drug-likeness (QED) is 0.360. The molecule has 1 aliphatic heterocycles. The van der Waals surface area contributed by atoms with Gasteiger partial charge in [-0.1, -0.05) is 31.4 Å². The molecule has 1 amide bonds. The van der Waals surface area contributed by atoms with Gasteiger partial charge in [-0.05, 0) is 37.5 Å². The predicted molar refractivity (Wildman–Crippen MR) is 135 cm³/mol. The second-order valence-corrected chi connectivity index (χ2v) is 9.64. The van der Waals surface area contributed by atoms with E-state index >= 15 is 0 Å². The molecule has 2 fully saturated rings. The summed E-state index contributed by atoms with van der Waals surface area (Å²) in [4.78, 5) is 21.0. The molecule has 162 valence electrons. The topological polar surface area (TPSA) is 47.9 Å². The third-order valence-corrected chi connectivity index (χ3v) is 7.20. The Labute approximate surface area is 197 Å². The molecule has 1 aromatic carbocycles. The molecule has 29 heavy (non-hydrogen) atoms. The molecular formula is C22H35IN4OS. The first-order valence-electron chi connectivity index (χ1n) is 10.5. The average molecular weight is 531 g/mol. The lowest BCUT2D eigenvalue weighted by atomic mass is 9.87. The second-order valence-electron chi connectivity index (χ2n) is 8.08. The van der Waals surface area contributed by atoms with Crippen molar-refractivity contribution >= 4 is 47.6 Å². The van der Waals surface area contributed by atoms with Gasteiger partial charge in [-0.3, -0.25) is 4.79 Å². The maximum Gasteiger partial charge on any atom is 0.253 e. The summed E-state index contributed by atoms with van der Waals surface area (Å²) in [6.07, 6.45) is 6.81. The summed E-state index contributed by atoms with van der Waals surface area (Å²) < 4.78 is 0.431. The van der Waals surface area contributed by atoms with E-state index in [2.05, 4.69) is 28.9 Å². The highest BCUT2D eigenvalue weighted by Crippen LogP contribution is 2.42. The van der Waals surface area contributed by atoms with Gasteiger partial charge in [-0.15, -0.1) is 24.0 Å². The van der Waals surface area contributed by atoms with Crippen LogP contribution >= 0.6 is 35.7 Å². The van der Waals surface area contributed by atoms with Gasteiger partial charge < -0.3 is 15.1 Å². The van der Waals surface area contributed by atoms with Gasteiger partial charge >= 0.3 is 0 Å². The fourth-order valence-corrected chi connectivity index (χ4v) is 5.70. The number of halogens is 1. The van der Waals surface area contributed by atoms with Crippen molar-refractivity contribution in [1.82, 2.24) is 15.1 Å². The van der Waals surface area contributed by atoms with Gasteiger partial charge in [0, 0.05) is 49.8 Å². The van der Waals surface area contributed by atoms with Crippen LogP contribution in [0.5, 0.6) is 0 Å². The molecule has 7 heteroatoms. The van der Waals surface area contributed by atoms with Gasteiger partial charge in [-0.25, -0.2) is 4.99 Å². The number of hydrogen-bond donors (Lipinski definition) is 1. The molecule has 3 rings (SSSR count). The molecule has 1 N–H and O–H groups in total. The lowest BCUT2D eigenvalue weighted by Crippen LogP contribution is -2.53. The Bertz CT molecular complexity index is 681. The van der Waals surface area contributed by atoms with Crippen LogP contribution in [0.25, 0.3) is 0 Å². The van der Waals surface area contributed by atoms with Crippen molar-refractivity contribution in [3.05, 3.63) is 35.4 Å². The van der Waals surface area contributed by atoms with E-state index < -0.39 is 0 Å². The van der Waals surface area contributed by atoms with E-state index in [0.717, 1.165) is 36.7 Å². The van der Waals surface area contributed by atoms with Crippen molar-refractivity contribution < 1.29 is 4.79 Å². The molecule has 1 aliphatic carbocycles. The lowest BCUT2D eigenvalue weighted by Gasteiger charge is -2.45. The highest BCUT2D eigenvalue weighted by Gasteiger charge is 2.38. The molecule has 0 radical (unpaired) electrons. The zero-order valence-corrected chi connectivity index (χ0v) is 21.1. The summed E-state index contributed by atoms with van der Waals surface area (Å²) in [5, 5.41) is 3.49. The molecule has 0 aromatic heterocycles. The Kier molecular flexibility index (Phi) is 9.59. The maximum atomic E-state index is 12.0. The largest absolute Gasteiger partial charge is 0.357 e. The molecule has 2 aliphatic rings. The van der Waals surface area contributed by atoms with E-state index in [0.29, 0.717) is 11.3 Å². The molecule has 1 saturated carbocycles.